The summed E-state index contributed by atoms with van der Waals surface area (Å²) in [5, 5.41) is 0. The van der Waals surface area contributed by atoms with Crippen LogP contribution in [0.15, 0.2) is 42.5 Å². The number of anilines is 1. The van der Waals surface area contributed by atoms with Crippen molar-refractivity contribution < 1.29 is 14.3 Å². The number of Topliss-reactive ketones (excluding diaryl/α,β-unsaturated/α-hetero) is 2. The lowest BCUT2D eigenvalue weighted by Crippen LogP contribution is -2.52. The highest BCUT2D eigenvalue weighted by Gasteiger charge is 2.47. The molecule has 140 valence electrons. The van der Waals surface area contributed by atoms with Crippen molar-refractivity contribution in [3.8, 4) is 5.75 Å². The number of methoxy groups -OCH3 is 1. The van der Waals surface area contributed by atoms with E-state index in [1.54, 1.807) is 7.11 Å². The van der Waals surface area contributed by atoms with Crippen LogP contribution in [0.25, 0.3) is 0 Å². The molecule has 5 nitrogen and oxygen atoms in total. The molecule has 4 rings (SSSR count). The molecule has 1 aliphatic carbocycles. The zero-order valence-corrected chi connectivity index (χ0v) is 15.6. The van der Waals surface area contributed by atoms with Crippen LogP contribution in [0.5, 0.6) is 5.75 Å². The first kappa shape index (κ1) is 17.7. The molecule has 1 aliphatic heterocycles. The predicted molar refractivity (Wildman–Crippen MR) is 104 cm³/mol. The standard InChI is InChI=1S/C22H24N2O3/c1-24-19-8-3-13(12-23)9-18(19)22(26)21-17(10-15(25)11-20(21)24)14-4-6-16(27-2)7-5-14/h3-9,17,20-21H,10-12,23H2,1-2H3. The van der Waals surface area contributed by atoms with E-state index in [1.165, 1.54) is 0 Å². The molecule has 3 unspecified atom stereocenters. The van der Waals surface area contributed by atoms with Crippen molar-refractivity contribution in [2.24, 2.45) is 11.7 Å². The Morgan fingerprint density at radius 3 is 2.52 bits per heavy atom. The van der Waals surface area contributed by atoms with Gasteiger partial charge in [0.05, 0.1) is 13.0 Å². The molecule has 1 heterocycles. The second-order valence-electron chi connectivity index (χ2n) is 7.45. The van der Waals surface area contributed by atoms with Gasteiger partial charge in [0.1, 0.15) is 11.5 Å². The van der Waals surface area contributed by atoms with Gasteiger partial charge in [-0.15, -0.1) is 0 Å². The number of carbonyl (C=O) groups is 2. The number of fused-ring (bicyclic) bond motifs is 2. The first-order valence-electron chi connectivity index (χ1n) is 9.29. The average Bonchev–Trinajstić information content (AvgIpc) is 2.71. The molecule has 0 saturated heterocycles. The normalized spacial score (nSPS) is 24.4. The van der Waals surface area contributed by atoms with Crippen molar-refractivity contribution in [3.05, 3.63) is 59.2 Å². The molecule has 3 atom stereocenters. The molecule has 0 radical (unpaired) electrons. The summed E-state index contributed by atoms with van der Waals surface area (Å²) in [6.07, 6.45) is 0.816. The topological polar surface area (TPSA) is 72.6 Å². The highest BCUT2D eigenvalue weighted by molar-refractivity contribution is 6.07. The van der Waals surface area contributed by atoms with Gasteiger partial charge in [0.15, 0.2) is 5.78 Å². The van der Waals surface area contributed by atoms with E-state index < -0.39 is 0 Å². The summed E-state index contributed by atoms with van der Waals surface area (Å²) in [5.74, 6) is 0.742. The predicted octanol–water partition coefficient (Wildman–Crippen LogP) is 2.92. The average molecular weight is 364 g/mol. The maximum atomic E-state index is 13.5. The summed E-state index contributed by atoms with van der Waals surface area (Å²) >= 11 is 0. The minimum atomic E-state index is -0.235. The summed E-state index contributed by atoms with van der Waals surface area (Å²) in [4.78, 5) is 28.1. The maximum absolute atomic E-state index is 13.5. The number of hydrogen-bond acceptors (Lipinski definition) is 5. The molecule has 1 fully saturated rings. The van der Waals surface area contributed by atoms with Gasteiger partial charge in [-0.05, 0) is 35.4 Å². The van der Waals surface area contributed by atoms with Gasteiger partial charge in [0, 0.05) is 49.6 Å². The van der Waals surface area contributed by atoms with Crippen LogP contribution in [0.1, 0.15) is 40.2 Å². The fourth-order valence-corrected chi connectivity index (χ4v) is 4.57. The molecule has 0 spiro atoms. The molecule has 27 heavy (non-hydrogen) atoms. The summed E-state index contributed by atoms with van der Waals surface area (Å²) in [6, 6.07) is 13.4. The second-order valence-corrected chi connectivity index (χ2v) is 7.45. The first-order valence-corrected chi connectivity index (χ1v) is 9.29. The van der Waals surface area contributed by atoms with Crippen LogP contribution in [-0.2, 0) is 11.3 Å². The van der Waals surface area contributed by atoms with Crippen molar-refractivity contribution in [1.82, 2.24) is 0 Å². The molecule has 0 amide bonds. The van der Waals surface area contributed by atoms with Crippen LogP contribution in [0.4, 0.5) is 5.69 Å². The van der Waals surface area contributed by atoms with Crippen LogP contribution in [0.2, 0.25) is 0 Å². The first-order chi connectivity index (χ1) is 13.0. The van der Waals surface area contributed by atoms with Gasteiger partial charge in [-0.1, -0.05) is 18.2 Å². The molecule has 2 aromatic rings. The number of carbonyl (C=O) groups excluding carboxylic acids is 2. The molecule has 1 saturated carbocycles. The van der Waals surface area contributed by atoms with E-state index in [1.807, 2.05) is 49.5 Å². The zero-order chi connectivity index (χ0) is 19.1. The van der Waals surface area contributed by atoms with Crippen LogP contribution in [-0.4, -0.2) is 31.8 Å². The van der Waals surface area contributed by atoms with E-state index >= 15 is 0 Å². The van der Waals surface area contributed by atoms with Gasteiger partial charge < -0.3 is 15.4 Å². The third kappa shape index (κ3) is 2.92. The quantitative estimate of drug-likeness (QED) is 0.907. The third-order valence-electron chi connectivity index (χ3n) is 6.02. The number of rotatable bonds is 3. The third-order valence-corrected chi connectivity index (χ3v) is 6.02. The lowest BCUT2D eigenvalue weighted by Gasteiger charge is -2.46. The van der Waals surface area contributed by atoms with Crippen LogP contribution < -0.4 is 15.4 Å². The van der Waals surface area contributed by atoms with E-state index in [2.05, 4.69) is 4.90 Å². The smallest absolute Gasteiger partial charge is 0.170 e. The Hall–Kier alpha value is -2.66. The van der Waals surface area contributed by atoms with Gasteiger partial charge in [-0.25, -0.2) is 0 Å². The van der Waals surface area contributed by atoms with Crippen molar-refractivity contribution in [1.29, 1.82) is 0 Å². The zero-order valence-electron chi connectivity index (χ0n) is 15.6. The van der Waals surface area contributed by atoms with E-state index in [0.717, 1.165) is 28.1 Å². The molecule has 2 aromatic carbocycles. The van der Waals surface area contributed by atoms with E-state index in [9.17, 15) is 9.59 Å². The number of nitrogens with zero attached hydrogens (tertiary/aromatic N) is 1. The summed E-state index contributed by atoms with van der Waals surface area (Å²) < 4.78 is 5.24. The van der Waals surface area contributed by atoms with E-state index in [4.69, 9.17) is 10.5 Å². The Bertz CT molecular complexity index is 891. The molecule has 0 aromatic heterocycles. The van der Waals surface area contributed by atoms with Crippen molar-refractivity contribution in [2.45, 2.75) is 31.3 Å². The monoisotopic (exact) mass is 364 g/mol. The highest BCUT2D eigenvalue weighted by Crippen LogP contribution is 2.46. The SMILES string of the molecule is COc1ccc(C2CC(=O)CC3C2C(=O)c2cc(CN)ccc2N3C)cc1. The molecule has 2 aliphatic rings. The fourth-order valence-electron chi connectivity index (χ4n) is 4.57. The van der Waals surface area contributed by atoms with E-state index in [-0.39, 0.29) is 29.4 Å². The van der Waals surface area contributed by atoms with Gasteiger partial charge in [0.2, 0.25) is 0 Å². The lowest BCUT2D eigenvalue weighted by molar-refractivity contribution is -0.121. The minimum Gasteiger partial charge on any atom is -0.497 e. The Morgan fingerprint density at radius 1 is 1.11 bits per heavy atom. The fraction of sp³-hybridized carbons (Fsp3) is 0.364. The van der Waals surface area contributed by atoms with Crippen molar-refractivity contribution in [3.63, 3.8) is 0 Å². The van der Waals surface area contributed by atoms with Gasteiger partial charge in [-0.3, -0.25) is 9.59 Å². The minimum absolute atomic E-state index is 0.109. The largest absolute Gasteiger partial charge is 0.497 e. The Morgan fingerprint density at radius 2 is 1.85 bits per heavy atom. The number of ketones is 2. The second kappa shape index (κ2) is 6.82. The molecule has 2 N–H and O–H groups in total. The van der Waals surface area contributed by atoms with Crippen molar-refractivity contribution in [2.75, 3.05) is 19.1 Å². The Balaban J connectivity index is 1.79. The Labute approximate surface area is 159 Å². The Kier molecular flexibility index (Phi) is 4.48. The summed E-state index contributed by atoms with van der Waals surface area (Å²) in [7, 11) is 3.61. The molecule has 5 heteroatoms. The van der Waals surface area contributed by atoms with Crippen molar-refractivity contribution >= 4 is 17.3 Å². The molecule has 0 bridgehead atoms. The lowest BCUT2D eigenvalue weighted by atomic mass is 9.66. The number of nitrogens with two attached hydrogens (primary N) is 1. The van der Waals surface area contributed by atoms with Gasteiger partial charge in [-0.2, -0.15) is 0 Å². The highest BCUT2D eigenvalue weighted by atomic mass is 16.5. The number of benzene rings is 2. The van der Waals surface area contributed by atoms with Gasteiger partial charge in [0.25, 0.3) is 0 Å². The van der Waals surface area contributed by atoms with Crippen LogP contribution in [0.3, 0.4) is 0 Å². The maximum Gasteiger partial charge on any atom is 0.170 e. The van der Waals surface area contributed by atoms with Crippen LogP contribution >= 0.6 is 0 Å². The molecular formula is C22H24N2O3. The summed E-state index contributed by atoms with van der Waals surface area (Å²) in [6.45, 7) is 0.402. The number of ether oxygens (including phenoxy) is 1. The van der Waals surface area contributed by atoms with Gasteiger partial charge >= 0.3 is 0 Å². The van der Waals surface area contributed by atoms with E-state index in [0.29, 0.717) is 19.4 Å². The number of hydrogen-bond donors (Lipinski definition) is 1. The summed E-state index contributed by atoms with van der Waals surface area (Å²) in [5.41, 5.74) is 9.34. The molecular weight excluding hydrogens is 340 g/mol. The van der Waals surface area contributed by atoms with Crippen LogP contribution in [0, 0.1) is 5.92 Å².